The van der Waals surface area contributed by atoms with Crippen LogP contribution in [0.5, 0.6) is 0 Å². The number of hydrogen-bond acceptors (Lipinski definition) is 4. The standard InChI is InChI=1S/C17H21NO4/c1-12(19)18-14-9-6-13(7-10-14)8-11-17(20)22-16-5-3-4-15(16)21-2/h6-11,15-16H,3-5H2,1-2H3,(H,18,19)/b11-8+/t15-,16+/m1/s1. The van der Waals surface area contributed by atoms with Crippen molar-refractivity contribution in [1.82, 2.24) is 0 Å². The number of esters is 1. The summed E-state index contributed by atoms with van der Waals surface area (Å²) in [7, 11) is 1.64. The molecule has 1 N–H and O–H groups in total. The van der Waals surface area contributed by atoms with Crippen LogP contribution in [-0.4, -0.2) is 31.2 Å². The van der Waals surface area contributed by atoms with Gasteiger partial charge in [-0.15, -0.1) is 0 Å². The van der Waals surface area contributed by atoms with Gasteiger partial charge in [0.15, 0.2) is 0 Å². The first-order chi connectivity index (χ1) is 10.6. The van der Waals surface area contributed by atoms with E-state index in [1.54, 1.807) is 25.3 Å². The number of ether oxygens (including phenoxy) is 2. The van der Waals surface area contributed by atoms with Crippen molar-refractivity contribution in [3.63, 3.8) is 0 Å². The number of hydrogen-bond donors (Lipinski definition) is 1. The second kappa shape index (κ2) is 7.75. The Morgan fingerprint density at radius 2 is 1.86 bits per heavy atom. The zero-order valence-electron chi connectivity index (χ0n) is 12.9. The van der Waals surface area contributed by atoms with Crippen molar-refractivity contribution in [3.05, 3.63) is 35.9 Å². The summed E-state index contributed by atoms with van der Waals surface area (Å²) in [6.07, 6.45) is 5.77. The van der Waals surface area contributed by atoms with Crippen molar-refractivity contribution in [1.29, 1.82) is 0 Å². The largest absolute Gasteiger partial charge is 0.456 e. The highest BCUT2D eigenvalue weighted by molar-refractivity contribution is 5.89. The molecule has 1 aliphatic carbocycles. The van der Waals surface area contributed by atoms with E-state index in [1.165, 1.54) is 13.0 Å². The molecular weight excluding hydrogens is 282 g/mol. The molecule has 118 valence electrons. The topological polar surface area (TPSA) is 64.6 Å². The van der Waals surface area contributed by atoms with Crippen molar-refractivity contribution >= 4 is 23.6 Å². The van der Waals surface area contributed by atoms with Gasteiger partial charge in [0.1, 0.15) is 6.10 Å². The van der Waals surface area contributed by atoms with E-state index in [4.69, 9.17) is 9.47 Å². The van der Waals surface area contributed by atoms with Crippen molar-refractivity contribution < 1.29 is 19.1 Å². The predicted molar refractivity (Wildman–Crippen MR) is 84.3 cm³/mol. The minimum atomic E-state index is -0.361. The van der Waals surface area contributed by atoms with E-state index in [1.807, 2.05) is 12.1 Å². The number of carbonyl (C=O) groups is 2. The molecule has 1 aromatic carbocycles. The lowest BCUT2D eigenvalue weighted by atomic mass is 10.2. The van der Waals surface area contributed by atoms with Gasteiger partial charge >= 0.3 is 5.97 Å². The van der Waals surface area contributed by atoms with Crippen LogP contribution in [0.2, 0.25) is 0 Å². The Labute approximate surface area is 130 Å². The highest BCUT2D eigenvalue weighted by Gasteiger charge is 2.29. The molecule has 5 nitrogen and oxygen atoms in total. The average molecular weight is 303 g/mol. The van der Waals surface area contributed by atoms with Gasteiger partial charge in [-0.2, -0.15) is 0 Å². The summed E-state index contributed by atoms with van der Waals surface area (Å²) in [6, 6.07) is 7.21. The van der Waals surface area contributed by atoms with E-state index in [2.05, 4.69) is 5.32 Å². The van der Waals surface area contributed by atoms with Gasteiger partial charge in [0, 0.05) is 25.8 Å². The summed E-state index contributed by atoms with van der Waals surface area (Å²) in [5, 5.41) is 2.69. The molecule has 1 fully saturated rings. The molecule has 0 saturated heterocycles. The van der Waals surface area contributed by atoms with Gasteiger partial charge in [-0.25, -0.2) is 4.79 Å². The van der Waals surface area contributed by atoms with E-state index < -0.39 is 0 Å². The predicted octanol–water partition coefficient (Wildman–Crippen LogP) is 2.77. The maximum atomic E-state index is 11.8. The number of carbonyl (C=O) groups excluding carboxylic acids is 2. The lowest BCUT2D eigenvalue weighted by Gasteiger charge is -2.17. The van der Waals surface area contributed by atoms with E-state index in [-0.39, 0.29) is 24.1 Å². The number of nitrogens with one attached hydrogen (secondary N) is 1. The number of methoxy groups -OCH3 is 1. The van der Waals surface area contributed by atoms with Crippen LogP contribution in [0.15, 0.2) is 30.3 Å². The quantitative estimate of drug-likeness (QED) is 0.671. The minimum Gasteiger partial charge on any atom is -0.456 e. The van der Waals surface area contributed by atoms with E-state index >= 15 is 0 Å². The van der Waals surface area contributed by atoms with Crippen LogP contribution in [0, 0.1) is 0 Å². The summed E-state index contributed by atoms with van der Waals surface area (Å²) in [4.78, 5) is 22.8. The summed E-state index contributed by atoms with van der Waals surface area (Å²) >= 11 is 0. The molecule has 2 atom stereocenters. The maximum absolute atomic E-state index is 11.8. The number of anilines is 1. The molecule has 1 saturated carbocycles. The van der Waals surface area contributed by atoms with Gasteiger partial charge in [0.25, 0.3) is 0 Å². The van der Waals surface area contributed by atoms with Crippen LogP contribution >= 0.6 is 0 Å². The molecule has 0 heterocycles. The van der Waals surface area contributed by atoms with Crippen LogP contribution in [0.25, 0.3) is 6.08 Å². The zero-order chi connectivity index (χ0) is 15.9. The Morgan fingerprint density at radius 1 is 1.18 bits per heavy atom. The summed E-state index contributed by atoms with van der Waals surface area (Å²) in [6.45, 7) is 1.46. The molecule has 22 heavy (non-hydrogen) atoms. The molecule has 5 heteroatoms. The van der Waals surface area contributed by atoms with Crippen LogP contribution < -0.4 is 5.32 Å². The Kier molecular flexibility index (Phi) is 5.72. The molecule has 0 bridgehead atoms. The first kappa shape index (κ1) is 16.2. The molecule has 1 amide bonds. The number of amides is 1. The molecule has 0 aromatic heterocycles. The molecule has 0 radical (unpaired) electrons. The van der Waals surface area contributed by atoms with E-state index in [0.717, 1.165) is 30.5 Å². The van der Waals surface area contributed by atoms with Crippen molar-refractivity contribution in [2.75, 3.05) is 12.4 Å². The van der Waals surface area contributed by atoms with E-state index in [0.29, 0.717) is 0 Å². The third kappa shape index (κ3) is 4.70. The molecule has 0 spiro atoms. The Balaban J connectivity index is 1.88. The van der Waals surface area contributed by atoms with Crippen molar-refractivity contribution in [3.8, 4) is 0 Å². The van der Waals surface area contributed by atoms with Gasteiger partial charge in [-0.1, -0.05) is 12.1 Å². The van der Waals surface area contributed by atoms with Crippen LogP contribution in [-0.2, 0) is 19.1 Å². The molecule has 1 aliphatic rings. The first-order valence-electron chi connectivity index (χ1n) is 7.37. The number of rotatable bonds is 5. The smallest absolute Gasteiger partial charge is 0.331 e. The van der Waals surface area contributed by atoms with Crippen molar-refractivity contribution in [2.24, 2.45) is 0 Å². The van der Waals surface area contributed by atoms with E-state index in [9.17, 15) is 9.59 Å². The summed E-state index contributed by atoms with van der Waals surface area (Å²) in [5.41, 5.74) is 1.59. The third-order valence-electron chi connectivity index (χ3n) is 3.61. The first-order valence-corrected chi connectivity index (χ1v) is 7.37. The van der Waals surface area contributed by atoms with Gasteiger partial charge in [0.05, 0.1) is 6.10 Å². The summed E-state index contributed by atoms with van der Waals surface area (Å²) < 4.78 is 10.7. The molecular formula is C17H21NO4. The monoisotopic (exact) mass is 303 g/mol. The normalized spacial score (nSPS) is 21.0. The van der Waals surface area contributed by atoms with Crippen LogP contribution in [0.1, 0.15) is 31.7 Å². The van der Waals surface area contributed by atoms with Gasteiger partial charge in [-0.05, 0) is 43.0 Å². The van der Waals surface area contributed by atoms with Crippen molar-refractivity contribution in [2.45, 2.75) is 38.4 Å². The Morgan fingerprint density at radius 3 is 2.50 bits per heavy atom. The highest BCUT2D eigenvalue weighted by atomic mass is 16.6. The fourth-order valence-corrected chi connectivity index (χ4v) is 2.53. The molecule has 0 unspecified atom stereocenters. The maximum Gasteiger partial charge on any atom is 0.331 e. The number of benzene rings is 1. The fourth-order valence-electron chi connectivity index (χ4n) is 2.53. The summed E-state index contributed by atoms with van der Waals surface area (Å²) in [5.74, 6) is -0.476. The SMILES string of the molecule is CO[C@@H]1CCC[C@@H]1OC(=O)/C=C/c1ccc(NC(C)=O)cc1. The lowest BCUT2D eigenvalue weighted by molar-refractivity contribution is -0.148. The van der Waals surface area contributed by atoms with Gasteiger partial charge in [0.2, 0.25) is 5.91 Å². The van der Waals surface area contributed by atoms with Crippen LogP contribution in [0.3, 0.4) is 0 Å². The third-order valence-corrected chi connectivity index (χ3v) is 3.61. The Hall–Kier alpha value is -2.14. The van der Waals surface area contributed by atoms with Crippen LogP contribution in [0.4, 0.5) is 5.69 Å². The zero-order valence-corrected chi connectivity index (χ0v) is 12.9. The second-order valence-corrected chi connectivity index (χ2v) is 5.32. The van der Waals surface area contributed by atoms with Gasteiger partial charge < -0.3 is 14.8 Å². The molecule has 1 aromatic rings. The minimum absolute atomic E-state index is 0.00860. The molecule has 2 rings (SSSR count). The van der Waals surface area contributed by atoms with Gasteiger partial charge in [-0.3, -0.25) is 4.79 Å². The highest BCUT2D eigenvalue weighted by Crippen LogP contribution is 2.24. The Bertz CT molecular complexity index is 550. The average Bonchev–Trinajstić information content (AvgIpc) is 2.93. The second-order valence-electron chi connectivity index (χ2n) is 5.32. The lowest BCUT2D eigenvalue weighted by Crippen LogP contribution is -2.26. The fraction of sp³-hybridized carbons (Fsp3) is 0.412. The molecule has 0 aliphatic heterocycles.